The lowest BCUT2D eigenvalue weighted by molar-refractivity contribution is -0.121. The van der Waals surface area contributed by atoms with Gasteiger partial charge in [-0.1, -0.05) is 23.8 Å². The highest BCUT2D eigenvalue weighted by Gasteiger charge is 2.39. The Hall–Kier alpha value is -5.18. The Morgan fingerprint density at radius 2 is 1.67 bits per heavy atom. The molecule has 9 nitrogen and oxygen atoms in total. The van der Waals surface area contributed by atoms with Crippen molar-refractivity contribution in [2.24, 2.45) is 0 Å². The Kier molecular flexibility index (Phi) is 7.91. The van der Waals surface area contributed by atoms with Gasteiger partial charge in [0.25, 0.3) is 5.91 Å². The predicted molar refractivity (Wildman–Crippen MR) is 164 cm³/mol. The zero-order valence-corrected chi connectivity index (χ0v) is 25.0. The van der Waals surface area contributed by atoms with E-state index >= 15 is 0 Å². The minimum Gasteiger partial charge on any atom is -0.496 e. The largest absolute Gasteiger partial charge is 0.496 e. The van der Waals surface area contributed by atoms with Crippen LogP contribution in [0, 0.1) is 13.8 Å². The number of aryl methyl sites for hydroxylation is 2. The van der Waals surface area contributed by atoms with E-state index in [1.165, 1.54) is 7.11 Å². The number of hydrogen-bond acceptors (Lipinski definition) is 8. The molecule has 0 bridgehead atoms. The number of carbonyl (C=O) groups excluding carboxylic acids is 3. The smallest absolute Gasteiger partial charge is 0.345 e. The number of pyridine rings is 1. The van der Waals surface area contributed by atoms with Gasteiger partial charge >= 0.3 is 11.9 Å². The van der Waals surface area contributed by atoms with Crippen molar-refractivity contribution < 1.29 is 28.6 Å². The second-order valence-corrected chi connectivity index (χ2v) is 10.9. The third-order valence-electron chi connectivity index (χ3n) is 7.44. The number of anilines is 2. The number of esters is 2. The summed E-state index contributed by atoms with van der Waals surface area (Å²) < 4.78 is 17.2. The van der Waals surface area contributed by atoms with Crippen LogP contribution in [0.4, 0.5) is 11.4 Å². The molecule has 1 N–H and O–H groups in total. The predicted octanol–water partition coefficient (Wildman–Crippen LogP) is 6.12. The van der Waals surface area contributed by atoms with Crippen molar-refractivity contribution in [1.82, 2.24) is 4.98 Å². The van der Waals surface area contributed by atoms with Gasteiger partial charge in [0.2, 0.25) is 0 Å². The Labute approximate surface area is 250 Å². The van der Waals surface area contributed by atoms with Crippen LogP contribution in [0.25, 0.3) is 11.1 Å². The Bertz CT molecular complexity index is 1730. The Morgan fingerprint density at radius 1 is 0.953 bits per heavy atom. The number of likely N-dealkylation sites (N-methyl/N-ethyl adjacent to an activating group) is 1. The molecule has 1 aliphatic heterocycles. The summed E-state index contributed by atoms with van der Waals surface area (Å²) in [5.74, 6) is -0.441. The van der Waals surface area contributed by atoms with Crippen molar-refractivity contribution in [2.75, 3.05) is 24.4 Å². The molecule has 43 heavy (non-hydrogen) atoms. The van der Waals surface area contributed by atoms with Crippen LogP contribution in [0.2, 0.25) is 0 Å². The van der Waals surface area contributed by atoms with Crippen LogP contribution in [0.3, 0.4) is 0 Å². The number of nitrogens with one attached hydrogen (secondary N) is 1. The van der Waals surface area contributed by atoms with Gasteiger partial charge in [0, 0.05) is 30.4 Å². The molecule has 1 aliphatic rings. The lowest BCUT2D eigenvalue weighted by Crippen LogP contribution is -2.52. The molecular formula is C34H33N3O6. The second-order valence-electron chi connectivity index (χ2n) is 10.9. The summed E-state index contributed by atoms with van der Waals surface area (Å²) in [6.07, 6.45) is 1.61. The van der Waals surface area contributed by atoms with Gasteiger partial charge in [-0.3, -0.25) is 9.78 Å². The summed E-state index contributed by atoms with van der Waals surface area (Å²) in [5, 5.41) is 3.31. The topological polar surface area (TPSA) is 107 Å². The summed E-state index contributed by atoms with van der Waals surface area (Å²) >= 11 is 0. The van der Waals surface area contributed by atoms with Crippen molar-refractivity contribution in [2.45, 2.75) is 39.8 Å². The Morgan fingerprint density at radius 3 is 2.37 bits per heavy atom. The molecule has 3 aromatic carbocycles. The molecular weight excluding hydrogens is 546 g/mol. The van der Waals surface area contributed by atoms with E-state index in [1.807, 2.05) is 45.0 Å². The lowest BCUT2D eigenvalue weighted by atomic mass is 9.91. The van der Waals surface area contributed by atoms with Gasteiger partial charge in [0.05, 0.1) is 35.3 Å². The lowest BCUT2D eigenvalue weighted by Gasteiger charge is -2.39. The number of carbonyl (C=O) groups is 3. The SMILES string of the molecule is COc1cc(OC(=O)c2cccnc2C)ccc1-c1ccc2c(c1COC(=O)c1ccc(C)cc1)N(C)C(=O)C(C)(C)N2. The van der Waals surface area contributed by atoms with Crippen LogP contribution < -0.4 is 19.7 Å². The number of fused-ring (bicyclic) bond motifs is 1. The third kappa shape index (κ3) is 5.79. The number of nitrogens with zero attached hydrogens (tertiary/aromatic N) is 2. The molecule has 0 atom stereocenters. The monoisotopic (exact) mass is 579 g/mol. The molecule has 0 unspecified atom stereocenters. The van der Waals surface area contributed by atoms with E-state index in [0.29, 0.717) is 44.9 Å². The van der Waals surface area contributed by atoms with Crippen LogP contribution in [0.15, 0.2) is 72.9 Å². The molecule has 0 saturated carbocycles. The van der Waals surface area contributed by atoms with Crippen LogP contribution in [0.5, 0.6) is 11.5 Å². The quantitative estimate of drug-likeness (QED) is 0.206. The number of aromatic nitrogens is 1. The zero-order chi connectivity index (χ0) is 30.9. The van der Waals surface area contributed by atoms with Gasteiger partial charge < -0.3 is 24.4 Å². The van der Waals surface area contributed by atoms with E-state index in [1.54, 1.807) is 67.5 Å². The number of rotatable bonds is 7. The van der Waals surface area contributed by atoms with E-state index in [9.17, 15) is 14.4 Å². The van der Waals surface area contributed by atoms with Crippen molar-refractivity contribution in [3.63, 3.8) is 0 Å². The number of hydrogen-bond donors (Lipinski definition) is 1. The molecule has 1 aromatic heterocycles. The van der Waals surface area contributed by atoms with Gasteiger partial charge in [-0.2, -0.15) is 0 Å². The van der Waals surface area contributed by atoms with E-state index < -0.39 is 17.5 Å². The number of methoxy groups -OCH3 is 1. The first-order chi connectivity index (χ1) is 20.5. The van der Waals surface area contributed by atoms with Gasteiger partial charge in [0.1, 0.15) is 23.6 Å². The number of amides is 1. The molecule has 5 rings (SSSR count). The fourth-order valence-electron chi connectivity index (χ4n) is 5.16. The maximum absolute atomic E-state index is 13.3. The normalized spacial score (nSPS) is 13.5. The molecule has 4 aromatic rings. The number of benzene rings is 3. The second kappa shape index (κ2) is 11.6. The minimum atomic E-state index is -0.824. The van der Waals surface area contributed by atoms with E-state index in [2.05, 4.69) is 10.3 Å². The molecule has 0 radical (unpaired) electrons. The van der Waals surface area contributed by atoms with E-state index in [0.717, 1.165) is 11.3 Å². The molecule has 0 saturated heterocycles. The van der Waals surface area contributed by atoms with E-state index in [4.69, 9.17) is 14.2 Å². The Balaban J connectivity index is 1.55. The van der Waals surface area contributed by atoms with Crippen molar-refractivity contribution in [3.8, 4) is 22.6 Å². The average Bonchev–Trinajstić information content (AvgIpc) is 2.99. The highest BCUT2D eigenvalue weighted by Crippen LogP contribution is 2.45. The summed E-state index contributed by atoms with van der Waals surface area (Å²) in [7, 11) is 3.23. The summed E-state index contributed by atoms with van der Waals surface area (Å²) in [4.78, 5) is 44.9. The molecule has 1 amide bonds. The summed E-state index contributed by atoms with van der Waals surface area (Å²) in [6, 6.07) is 19.3. The minimum absolute atomic E-state index is 0.106. The molecule has 2 heterocycles. The molecule has 0 fully saturated rings. The standard InChI is InChI=1S/C34H33N3O6/c1-20-9-11-22(12-10-20)31(38)42-19-27-25(15-16-28-30(27)37(5)33(40)34(3,4)36-28)26-14-13-23(18-29(26)41-6)43-32(39)24-8-7-17-35-21(24)2/h7-18,36H,19H2,1-6H3. The highest BCUT2D eigenvalue weighted by atomic mass is 16.5. The van der Waals surface area contributed by atoms with Gasteiger partial charge in [-0.15, -0.1) is 0 Å². The first-order valence-electron chi connectivity index (χ1n) is 13.8. The fraction of sp³-hybridized carbons (Fsp3) is 0.235. The van der Waals surface area contributed by atoms with Gasteiger partial charge in [-0.25, -0.2) is 9.59 Å². The number of ether oxygens (including phenoxy) is 3. The van der Waals surface area contributed by atoms with Crippen LogP contribution in [-0.4, -0.2) is 42.5 Å². The summed E-state index contributed by atoms with van der Waals surface area (Å²) in [5.41, 5.74) is 4.85. The maximum atomic E-state index is 13.3. The highest BCUT2D eigenvalue weighted by molar-refractivity contribution is 6.09. The van der Waals surface area contributed by atoms with E-state index in [-0.39, 0.29) is 18.3 Å². The van der Waals surface area contributed by atoms with Crippen LogP contribution in [0.1, 0.15) is 51.4 Å². The zero-order valence-electron chi connectivity index (χ0n) is 25.0. The molecule has 220 valence electrons. The molecule has 0 aliphatic carbocycles. The van der Waals surface area contributed by atoms with Crippen LogP contribution in [-0.2, 0) is 16.1 Å². The van der Waals surface area contributed by atoms with Gasteiger partial charge in [-0.05, 0) is 75.7 Å². The summed E-state index contributed by atoms with van der Waals surface area (Å²) in [6.45, 7) is 7.20. The fourth-order valence-corrected chi connectivity index (χ4v) is 5.16. The maximum Gasteiger partial charge on any atom is 0.345 e. The first-order valence-corrected chi connectivity index (χ1v) is 13.8. The van der Waals surface area contributed by atoms with Crippen molar-refractivity contribution in [1.29, 1.82) is 0 Å². The van der Waals surface area contributed by atoms with Crippen LogP contribution >= 0.6 is 0 Å². The molecule has 0 spiro atoms. The van der Waals surface area contributed by atoms with Crippen molar-refractivity contribution in [3.05, 3.63) is 101 Å². The van der Waals surface area contributed by atoms with Crippen molar-refractivity contribution >= 4 is 29.2 Å². The van der Waals surface area contributed by atoms with Gasteiger partial charge in [0.15, 0.2) is 0 Å². The first kappa shape index (κ1) is 29.3. The average molecular weight is 580 g/mol. The third-order valence-corrected chi connectivity index (χ3v) is 7.44. The molecule has 9 heteroatoms.